The molecule has 13 atom stereocenters. The van der Waals surface area contributed by atoms with Crippen LogP contribution in [0.1, 0.15) is 13.3 Å². The number of esters is 1. The van der Waals surface area contributed by atoms with Crippen molar-refractivity contribution in [2.45, 2.75) is 81.0 Å². The molecule has 2 fully saturated rings. The Balaban J connectivity index is 1.48. The molecule has 39 heavy (non-hydrogen) atoms. The van der Waals surface area contributed by atoms with Gasteiger partial charge < -0.3 is 69.3 Å². The number of fused-ring (bicyclic) bond motifs is 1. The highest BCUT2D eigenvalue weighted by atomic mass is 16.8. The molecule has 222 valence electrons. The number of rotatable bonds is 8. The van der Waals surface area contributed by atoms with E-state index in [-0.39, 0.29) is 12.2 Å². The summed E-state index contributed by atoms with van der Waals surface area (Å²) in [6.45, 7) is 0.204. The van der Waals surface area contributed by atoms with Crippen LogP contribution in [0.15, 0.2) is 23.5 Å². The molecule has 3 aliphatic heterocycles. The van der Waals surface area contributed by atoms with E-state index < -0.39 is 98.2 Å². The van der Waals surface area contributed by atoms with E-state index in [0.29, 0.717) is 12.0 Å². The van der Waals surface area contributed by atoms with Crippen LogP contribution in [0.3, 0.4) is 0 Å². The van der Waals surface area contributed by atoms with Crippen LogP contribution in [0.4, 0.5) is 0 Å². The number of aliphatic hydroxyl groups excluding tert-OH is 8. The monoisotopic (exact) mass is 564 g/mol. The molecular weight excluding hydrogens is 528 g/mol. The Hall–Kier alpha value is -1.73. The molecule has 4 aliphatic rings. The molecule has 1 aliphatic carbocycles. The predicted molar refractivity (Wildman–Crippen MR) is 124 cm³/mol. The molecule has 15 heteroatoms. The molecule has 0 aromatic rings. The minimum atomic E-state index is -1.76. The van der Waals surface area contributed by atoms with Crippen molar-refractivity contribution in [3.8, 4) is 0 Å². The second kappa shape index (κ2) is 12.0. The molecule has 0 aromatic carbocycles. The molecule has 0 aromatic heterocycles. The molecule has 0 unspecified atom stereocenters. The van der Waals surface area contributed by atoms with Gasteiger partial charge in [0.05, 0.1) is 44.7 Å². The van der Waals surface area contributed by atoms with Crippen LogP contribution in [0.2, 0.25) is 0 Å². The van der Waals surface area contributed by atoms with Crippen molar-refractivity contribution in [2.24, 2.45) is 11.3 Å². The summed E-state index contributed by atoms with van der Waals surface area (Å²) >= 11 is 0. The highest BCUT2D eigenvalue weighted by molar-refractivity contribution is 5.90. The predicted octanol–water partition coefficient (Wildman–Crippen LogP) is -4.01. The Morgan fingerprint density at radius 1 is 0.923 bits per heavy atom. The van der Waals surface area contributed by atoms with Gasteiger partial charge in [0.1, 0.15) is 48.8 Å². The first-order valence-electron chi connectivity index (χ1n) is 12.5. The van der Waals surface area contributed by atoms with Crippen molar-refractivity contribution in [1.29, 1.82) is 0 Å². The van der Waals surface area contributed by atoms with Gasteiger partial charge in [0, 0.05) is 5.41 Å². The van der Waals surface area contributed by atoms with E-state index in [1.54, 1.807) is 13.0 Å². The van der Waals surface area contributed by atoms with E-state index in [4.69, 9.17) is 28.4 Å². The van der Waals surface area contributed by atoms with Gasteiger partial charge in [-0.1, -0.05) is 13.0 Å². The molecule has 0 radical (unpaired) electrons. The molecule has 0 amide bonds. The van der Waals surface area contributed by atoms with Crippen molar-refractivity contribution in [3.05, 3.63) is 23.5 Å². The lowest BCUT2D eigenvalue weighted by Gasteiger charge is -2.46. The number of carbonyl (C=O) groups excluding carboxylic acids is 1. The minimum Gasteiger partial charge on any atom is -0.471 e. The zero-order valence-electron chi connectivity index (χ0n) is 21.3. The van der Waals surface area contributed by atoms with Crippen molar-refractivity contribution < 1.29 is 74.1 Å². The van der Waals surface area contributed by atoms with Crippen molar-refractivity contribution in [1.82, 2.24) is 0 Å². The molecule has 0 bridgehead atoms. The maximum absolute atomic E-state index is 12.4. The molecule has 0 spiro atoms. The van der Waals surface area contributed by atoms with Crippen LogP contribution in [-0.4, -0.2) is 141 Å². The highest BCUT2D eigenvalue weighted by Crippen LogP contribution is 2.53. The van der Waals surface area contributed by atoms with E-state index >= 15 is 0 Å². The lowest BCUT2D eigenvalue weighted by molar-refractivity contribution is -0.353. The smallest absolute Gasteiger partial charge is 0.337 e. The van der Waals surface area contributed by atoms with Gasteiger partial charge in [-0.2, -0.15) is 0 Å². The quantitative estimate of drug-likeness (QED) is 0.104. The number of ether oxygens (including phenoxy) is 6. The zero-order valence-corrected chi connectivity index (χ0v) is 21.3. The first kappa shape index (κ1) is 30.2. The zero-order chi connectivity index (χ0) is 28.6. The Labute approximate surface area is 223 Å². The van der Waals surface area contributed by atoms with Gasteiger partial charge in [-0.3, -0.25) is 0 Å². The van der Waals surface area contributed by atoms with E-state index in [2.05, 4.69) is 0 Å². The summed E-state index contributed by atoms with van der Waals surface area (Å²) in [5, 5.41) is 80.8. The molecule has 8 N–H and O–H groups in total. The molecule has 2 saturated heterocycles. The van der Waals surface area contributed by atoms with Gasteiger partial charge in [0.2, 0.25) is 6.29 Å². The van der Waals surface area contributed by atoms with Gasteiger partial charge in [0.25, 0.3) is 0 Å². The third kappa shape index (κ3) is 5.47. The summed E-state index contributed by atoms with van der Waals surface area (Å²) in [6.07, 6.45) is -13.7. The standard InChI is InChI=1S/C24H36O15/c1-24-4-3-9(5-25)13(24)21(35-7-10(24)20(33)34-2)39-23-19(32)17(30)15(28)12(38-23)8-36-22-18(31)16(29)14(27)11(6-26)37-22/h3,7,11-19,21-23,25-32H,4-6,8H2,1-2H3/t11-,12-,13+,14-,15-,16-,17-,18+,19+,21+,22-,23-,24-/m1/s1. The topological polar surface area (TPSA) is 234 Å². The van der Waals surface area contributed by atoms with Crippen molar-refractivity contribution in [3.63, 3.8) is 0 Å². The lowest BCUT2D eigenvalue weighted by Crippen LogP contribution is -2.62. The second-order valence-corrected chi connectivity index (χ2v) is 10.2. The van der Waals surface area contributed by atoms with Gasteiger partial charge >= 0.3 is 5.97 Å². The maximum atomic E-state index is 12.4. The van der Waals surface area contributed by atoms with Crippen molar-refractivity contribution in [2.75, 3.05) is 26.9 Å². The number of methoxy groups -OCH3 is 1. The molecule has 0 saturated carbocycles. The normalized spacial score (nSPS) is 46.1. The molecule has 15 nitrogen and oxygen atoms in total. The van der Waals surface area contributed by atoms with E-state index in [1.807, 2.05) is 0 Å². The highest BCUT2D eigenvalue weighted by Gasteiger charge is 2.55. The van der Waals surface area contributed by atoms with E-state index in [1.165, 1.54) is 13.4 Å². The average molecular weight is 565 g/mol. The second-order valence-electron chi connectivity index (χ2n) is 10.2. The van der Waals surface area contributed by atoms with Crippen LogP contribution in [0, 0.1) is 11.3 Å². The summed E-state index contributed by atoms with van der Waals surface area (Å²) in [5.74, 6) is -1.31. The van der Waals surface area contributed by atoms with E-state index in [9.17, 15) is 45.6 Å². The fourth-order valence-corrected chi connectivity index (χ4v) is 5.47. The van der Waals surface area contributed by atoms with E-state index in [0.717, 1.165) is 0 Å². The summed E-state index contributed by atoms with van der Waals surface area (Å²) in [5.41, 5.74) is -0.136. The number of aliphatic hydroxyl groups is 8. The third-order valence-electron chi connectivity index (χ3n) is 7.88. The van der Waals surface area contributed by atoms with Crippen LogP contribution in [0.5, 0.6) is 0 Å². The summed E-state index contributed by atoms with van der Waals surface area (Å²) in [6, 6.07) is 0. The van der Waals surface area contributed by atoms with Gasteiger partial charge in [-0.15, -0.1) is 0 Å². The first-order chi connectivity index (χ1) is 18.5. The van der Waals surface area contributed by atoms with Crippen LogP contribution in [-0.2, 0) is 33.2 Å². The third-order valence-corrected chi connectivity index (χ3v) is 7.88. The summed E-state index contributed by atoms with van der Waals surface area (Å²) in [4.78, 5) is 12.4. The maximum Gasteiger partial charge on any atom is 0.337 e. The SMILES string of the molecule is COC(=O)C1=CO[C@@H](O[C@H]2O[C@H](CO[C@@H]3O[C@H](CO)[C@@H](O)[C@@H](O)[C@@H]3O)[C@@H](O)[C@@H](O)[C@@H]2O)[C@@H]2C(CO)=CC[C@]12C. The summed E-state index contributed by atoms with van der Waals surface area (Å²) < 4.78 is 32.8. The summed E-state index contributed by atoms with van der Waals surface area (Å²) in [7, 11) is 1.23. The fourth-order valence-electron chi connectivity index (χ4n) is 5.47. The number of carbonyl (C=O) groups is 1. The van der Waals surface area contributed by atoms with Gasteiger partial charge in [-0.05, 0) is 12.0 Å². The Morgan fingerprint density at radius 3 is 2.15 bits per heavy atom. The van der Waals surface area contributed by atoms with Crippen LogP contribution < -0.4 is 0 Å². The average Bonchev–Trinajstić information content (AvgIpc) is 3.29. The lowest BCUT2D eigenvalue weighted by atomic mass is 9.70. The number of allylic oxidation sites excluding steroid dienone is 1. The molecule has 4 rings (SSSR count). The fraction of sp³-hybridized carbons (Fsp3) is 0.792. The van der Waals surface area contributed by atoms with Gasteiger partial charge in [0.15, 0.2) is 12.6 Å². The molecular formula is C24H36O15. The van der Waals surface area contributed by atoms with Crippen LogP contribution >= 0.6 is 0 Å². The van der Waals surface area contributed by atoms with Crippen molar-refractivity contribution >= 4 is 5.97 Å². The van der Waals surface area contributed by atoms with Gasteiger partial charge in [-0.25, -0.2) is 4.79 Å². The Kier molecular flexibility index (Phi) is 9.32. The Morgan fingerprint density at radius 2 is 1.54 bits per heavy atom. The number of hydrogen-bond acceptors (Lipinski definition) is 15. The molecule has 3 heterocycles. The Bertz CT molecular complexity index is 938. The first-order valence-corrected chi connectivity index (χ1v) is 12.5. The minimum absolute atomic E-state index is 0.223. The number of hydrogen-bond donors (Lipinski definition) is 8. The van der Waals surface area contributed by atoms with Crippen LogP contribution in [0.25, 0.3) is 0 Å². The largest absolute Gasteiger partial charge is 0.471 e.